The normalized spacial score (nSPS) is 12.5. The minimum Gasteiger partial charge on any atom is -0.478 e. The van der Waals surface area contributed by atoms with Crippen molar-refractivity contribution in [1.82, 2.24) is 0 Å². The SMILES string of the molecule is CC.CC.O=COc1cc2c(cc1OC=O)C1(c3cc(C(=O)O)c(C(=O)O)cc3C2)c2ccccc2-c2ccccc21. The molecule has 0 aliphatic heterocycles. The monoisotopic (exact) mass is 566 g/mol. The summed E-state index contributed by atoms with van der Waals surface area (Å²) in [6, 6.07) is 21.6. The molecule has 2 aliphatic rings. The van der Waals surface area contributed by atoms with Gasteiger partial charge >= 0.3 is 11.9 Å². The number of carbonyl (C=O) groups is 4. The van der Waals surface area contributed by atoms with E-state index >= 15 is 0 Å². The number of hydrogen-bond donors (Lipinski definition) is 2. The van der Waals surface area contributed by atoms with E-state index in [1.165, 1.54) is 12.1 Å². The van der Waals surface area contributed by atoms with Gasteiger partial charge in [-0.3, -0.25) is 9.59 Å². The molecule has 214 valence electrons. The van der Waals surface area contributed by atoms with Crippen molar-refractivity contribution in [3.05, 3.63) is 117 Å². The van der Waals surface area contributed by atoms with E-state index in [0.717, 1.165) is 22.3 Å². The number of benzene rings is 4. The Morgan fingerprint density at radius 2 is 1.07 bits per heavy atom. The Balaban J connectivity index is 0.000000972. The number of carboxylic acid groups (broad SMARTS) is 2. The Hall–Kier alpha value is -5.24. The predicted octanol–water partition coefficient (Wildman–Crippen LogP) is 6.47. The first-order chi connectivity index (χ1) is 20.4. The minimum absolute atomic E-state index is 0.0242. The van der Waals surface area contributed by atoms with Gasteiger partial charge < -0.3 is 19.7 Å². The summed E-state index contributed by atoms with van der Waals surface area (Å²) >= 11 is 0. The van der Waals surface area contributed by atoms with Gasteiger partial charge in [-0.15, -0.1) is 0 Å². The lowest BCUT2D eigenvalue weighted by Crippen LogP contribution is -2.35. The van der Waals surface area contributed by atoms with Gasteiger partial charge in [-0.2, -0.15) is 0 Å². The lowest BCUT2D eigenvalue weighted by molar-refractivity contribution is -0.123. The van der Waals surface area contributed by atoms with E-state index in [9.17, 15) is 29.4 Å². The van der Waals surface area contributed by atoms with Crippen LogP contribution < -0.4 is 9.47 Å². The molecule has 0 saturated carbocycles. The molecule has 1 spiro atoms. The molecule has 0 saturated heterocycles. The number of aromatic carboxylic acids is 2. The zero-order chi connectivity index (χ0) is 30.6. The number of hydrogen-bond acceptors (Lipinski definition) is 6. The van der Waals surface area contributed by atoms with Crippen molar-refractivity contribution in [2.24, 2.45) is 0 Å². The average molecular weight is 567 g/mol. The lowest BCUT2D eigenvalue weighted by atomic mass is 9.61. The van der Waals surface area contributed by atoms with E-state index in [-0.39, 0.29) is 42.0 Å². The fraction of sp³-hybridized carbons (Fsp3) is 0.176. The molecule has 0 bridgehead atoms. The van der Waals surface area contributed by atoms with E-state index in [2.05, 4.69) is 0 Å². The molecule has 8 heteroatoms. The van der Waals surface area contributed by atoms with Crippen LogP contribution in [0.5, 0.6) is 11.5 Å². The molecule has 0 aromatic heterocycles. The molecule has 6 rings (SSSR count). The maximum absolute atomic E-state index is 12.2. The van der Waals surface area contributed by atoms with Crippen LogP contribution in [0.4, 0.5) is 0 Å². The molecule has 4 aromatic rings. The van der Waals surface area contributed by atoms with Crippen molar-refractivity contribution in [2.75, 3.05) is 0 Å². The van der Waals surface area contributed by atoms with Gasteiger partial charge in [0.05, 0.1) is 16.5 Å². The quantitative estimate of drug-likeness (QED) is 0.220. The van der Waals surface area contributed by atoms with Crippen LogP contribution in [0.25, 0.3) is 11.1 Å². The molecule has 0 unspecified atom stereocenters. The van der Waals surface area contributed by atoms with Gasteiger partial charge in [-0.1, -0.05) is 76.2 Å². The Morgan fingerprint density at radius 1 is 0.643 bits per heavy atom. The van der Waals surface area contributed by atoms with E-state index in [4.69, 9.17) is 9.47 Å². The highest BCUT2D eigenvalue weighted by Crippen LogP contribution is 2.60. The van der Waals surface area contributed by atoms with Crippen LogP contribution in [0, 0.1) is 0 Å². The third-order valence-electron chi connectivity index (χ3n) is 7.37. The number of rotatable bonds is 6. The highest BCUT2D eigenvalue weighted by Gasteiger charge is 2.50. The van der Waals surface area contributed by atoms with Crippen LogP contribution in [0.15, 0.2) is 72.8 Å². The van der Waals surface area contributed by atoms with Gasteiger partial charge in [-0.05, 0) is 75.2 Å². The smallest absolute Gasteiger partial charge is 0.336 e. The van der Waals surface area contributed by atoms with Gasteiger partial charge in [0, 0.05) is 0 Å². The van der Waals surface area contributed by atoms with E-state index in [1.807, 2.05) is 76.2 Å². The van der Waals surface area contributed by atoms with Crippen LogP contribution in [-0.2, 0) is 21.4 Å². The molecule has 0 heterocycles. The number of ether oxygens (including phenoxy) is 2. The third-order valence-corrected chi connectivity index (χ3v) is 7.37. The summed E-state index contributed by atoms with van der Waals surface area (Å²) in [5, 5.41) is 19.8. The molecule has 0 amide bonds. The van der Waals surface area contributed by atoms with Crippen molar-refractivity contribution < 1.29 is 38.9 Å². The number of carbonyl (C=O) groups excluding carboxylic acids is 2. The summed E-state index contributed by atoms with van der Waals surface area (Å²) in [6.07, 6.45) is 0.230. The summed E-state index contributed by atoms with van der Waals surface area (Å²) in [5.74, 6) is -2.65. The topological polar surface area (TPSA) is 127 Å². The second kappa shape index (κ2) is 12.1. The molecule has 0 radical (unpaired) electrons. The summed E-state index contributed by atoms with van der Waals surface area (Å²) in [6.45, 7) is 8.47. The van der Waals surface area contributed by atoms with Crippen molar-refractivity contribution in [3.63, 3.8) is 0 Å². The van der Waals surface area contributed by atoms with E-state index in [0.29, 0.717) is 22.3 Å². The molecule has 42 heavy (non-hydrogen) atoms. The maximum atomic E-state index is 12.2. The van der Waals surface area contributed by atoms with Crippen LogP contribution in [0.1, 0.15) is 81.8 Å². The molecule has 2 N–H and O–H groups in total. The summed E-state index contributed by atoms with van der Waals surface area (Å²) in [7, 11) is 0. The molecule has 8 nitrogen and oxygen atoms in total. The maximum Gasteiger partial charge on any atom is 0.336 e. The Morgan fingerprint density at radius 3 is 1.57 bits per heavy atom. The Labute approximate surface area is 243 Å². The number of fused-ring (bicyclic) bond motifs is 9. The summed E-state index contributed by atoms with van der Waals surface area (Å²) in [4.78, 5) is 46.8. The fourth-order valence-electron chi connectivity index (χ4n) is 6.04. The van der Waals surface area contributed by atoms with Crippen LogP contribution in [0.3, 0.4) is 0 Å². The first-order valence-electron chi connectivity index (χ1n) is 13.6. The fourth-order valence-corrected chi connectivity index (χ4v) is 6.04. The molecule has 4 aromatic carbocycles. The highest BCUT2D eigenvalue weighted by molar-refractivity contribution is 6.03. The molecular weight excluding hydrogens is 536 g/mol. The van der Waals surface area contributed by atoms with Crippen molar-refractivity contribution in [1.29, 1.82) is 0 Å². The Kier molecular flexibility index (Phi) is 8.57. The van der Waals surface area contributed by atoms with Crippen molar-refractivity contribution >= 4 is 24.9 Å². The number of carboxylic acids is 2. The van der Waals surface area contributed by atoms with Crippen molar-refractivity contribution in [2.45, 2.75) is 39.5 Å². The van der Waals surface area contributed by atoms with Crippen LogP contribution in [0.2, 0.25) is 0 Å². The third kappa shape index (κ3) is 4.41. The standard InChI is InChI=1S/C30H18O8.2C2H6/c31-14-37-26-11-17-9-16-10-20(28(33)34)21(29(35)36)12-24(16)30(25(17)13-27(26)38-15-32)22-7-3-1-5-18(22)19-6-2-4-8-23(19)30;2*1-2/h1-8,10-15H,9H2,(H,33,34)(H,35,36);2*1-2H3. The van der Waals surface area contributed by atoms with Crippen LogP contribution >= 0.6 is 0 Å². The zero-order valence-electron chi connectivity index (χ0n) is 23.6. The van der Waals surface area contributed by atoms with Gasteiger partial charge in [0.1, 0.15) is 0 Å². The summed E-state index contributed by atoms with van der Waals surface area (Å²) in [5.41, 5.74) is 4.55. The van der Waals surface area contributed by atoms with Gasteiger partial charge in [-0.25, -0.2) is 9.59 Å². The minimum atomic E-state index is -1.36. The predicted molar refractivity (Wildman–Crippen MR) is 157 cm³/mol. The molecule has 2 aliphatic carbocycles. The van der Waals surface area contributed by atoms with Gasteiger partial charge in [0.2, 0.25) is 0 Å². The van der Waals surface area contributed by atoms with Gasteiger partial charge in [0.15, 0.2) is 11.5 Å². The first-order valence-corrected chi connectivity index (χ1v) is 13.6. The lowest BCUT2D eigenvalue weighted by Gasteiger charge is -2.40. The Bertz CT molecular complexity index is 1660. The summed E-state index contributed by atoms with van der Waals surface area (Å²) < 4.78 is 10.3. The molecule has 0 atom stereocenters. The van der Waals surface area contributed by atoms with E-state index < -0.39 is 17.4 Å². The molecule has 0 fully saturated rings. The largest absolute Gasteiger partial charge is 0.478 e. The van der Waals surface area contributed by atoms with Crippen LogP contribution in [-0.4, -0.2) is 35.1 Å². The second-order valence-electron chi connectivity index (χ2n) is 9.07. The first kappa shape index (κ1) is 29.7. The highest BCUT2D eigenvalue weighted by atomic mass is 16.6. The average Bonchev–Trinajstić information content (AvgIpc) is 3.30. The van der Waals surface area contributed by atoms with Crippen molar-refractivity contribution in [3.8, 4) is 22.6 Å². The second-order valence-corrected chi connectivity index (χ2v) is 9.07. The zero-order valence-corrected chi connectivity index (χ0v) is 23.6. The van der Waals surface area contributed by atoms with E-state index in [1.54, 1.807) is 12.1 Å². The molecular formula is C34H30O8. The van der Waals surface area contributed by atoms with Gasteiger partial charge in [0.25, 0.3) is 12.9 Å².